The predicted molar refractivity (Wildman–Crippen MR) is 96.0 cm³/mol. The number of rotatable bonds is 7. The Balaban J connectivity index is 2.18. The lowest BCUT2D eigenvalue weighted by atomic mass is 10.0. The Morgan fingerprint density at radius 3 is 2.54 bits per heavy atom. The van der Waals surface area contributed by atoms with E-state index in [2.05, 4.69) is 15.5 Å². The minimum absolute atomic E-state index is 0.0890. The summed E-state index contributed by atoms with van der Waals surface area (Å²) < 4.78 is 0. The molecule has 0 spiro atoms. The summed E-state index contributed by atoms with van der Waals surface area (Å²) in [6.45, 7) is 6.32. The summed E-state index contributed by atoms with van der Waals surface area (Å²) >= 11 is 1.37. The Kier molecular flexibility index (Phi) is 6.69. The first kappa shape index (κ1) is 18.4. The molecule has 1 heterocycles. The van der Waals surface area contributed by atoms with Gasteiger partial charge in [0, 0.05) is 6.54 Å². The van der Waals surface area contributed by atoms with Crippen molar-refractivity contribution in [3.05, 3.63) is 40.9 Å². The number of aryl methyl sites for hydroxylation is 1. The third-order valence-corrected chi connectivity index (χ3v) is 4.78. The first-order valence-electron chi connectivity index (χ1n) is 8.10. The van der Waals surface area contributed by atoms with E-state index < -0.39 is 0 Å². The first-order valence-corrected chi connectivity index (χ1v) is 8.91. The van der Waals surface area contributed by atoms with Gasteiger partial charge in [0.15, 0.2) is 0 Å². The number of hydrogen-bond donors (Lipinski definition) is 2. The molecule has 2 N–H and O–H groups in total. The van der Waals surface area contributed by atoms with Crippen LogP contribution in [0.5, 0.6) is 0 Å². The number of benzene rings is 1. The number of carbonyl (C=O) groups excluding carboxylic acids is 1. The van der Waals surface area contributed by atoms with Gasteiger partial charge in [0.05, 0.1) is 12.6 Å². The molecule has 2 amide bonds. The van der Waals surface area contributed by atoms with E-state index >= 15 is 0 Å². The molecule has 1 unspecified atom stereocenters. The molecule has 130 valence electrons. The standard InChI is InChI=1S/C17H24N4O2S/c1-4-15-19-20-16(24-15)18-17(23)21(14(11-22)12(2)3)10-13-8-6-5-7-9-13/h5-9,12,14,22H,4,10-11H2,1-3H3,(H,18,20,23). The van der Waals surface area contributed by atoms with Crippen molar-refractivity contribution >= 4 is 22.5 Å². The van der Waals surface area contributed by atoms with Crippen LogP contribution in [0.2, 0.25) is 0 Å². The number of nitrogens with zero attached hydrogens (tertiary/aromatic N) is 3. The molecule has 1 aromatic carbocycles. The zero-order valence-corrected chi connectivity index (χ0v) is 15.1. The predicted octanol–water partition coefficient (Wildman–Crippen LogP) is 3.15. The Morgan fingerprint density at radius 1 is 1.29 bits per heavy atom. The van der Waals surface area contributed by atoms with E-state index in [0.717, 1.165) is 17.0 Å². The van der Waals surface area contributed by atoms with E-state index in [1.807, 2.05) is 51.1 Å². The van der Waals surface area contributed by atoms with Gasteiger partial charge in [-0.3, -0.25) is 5.32 Å². The van der Waals surface area contributed by atoms with Gasteiger partial charge in [-0.2, -0.15) is 0 Å². The molecule has 0 aliphatic carbocycles. The van der Waals surface area contributed by atoms with E-state index in [1.165, 1.54) is 11.3 Å². The monoisotopic (exact) mass is 348 g/mol. The molecule has 7 heteroatoms. The number of hydrogen-bond acceptors (Lipinski definition) is 5. The van der Waals surface area contributed by atoms with Crippen LogP contribution in [0.4, 0.5) is 9.93 Å². The van der Waals surface area contributed by atoms with Gasteiger partial charge < -0.3 is 10.0 Å². The minimum Gasteiger partial charge on any atom is -0.394 e. The van der Waals surface area contributed by atoms with Crippen LogP contribution >= 0.6 is 11.3 Å². The van der Waals surface area contributed by atoms with Crippen molar-refractivity contribution < 1.29 is 9.90 Å². The van der Waals surface area contributed by atoms with Gasteiger partial charge in [-0.25, -0.2) is 4.79 Å². The smallest absolute Gasteiger partial charge is 0.324 e. The van der Waals surface area contributed by atoms with Crippen molar-refractivity contribution in [3.63, 3.8) is 0 Å². The van der Waals surface area contributed by atoms with E-state index in [-0.39, 0.29) is 24.6 Å². The second-order valence-electron chi connectivity index (χ2n) is 5.89. The van der Waals surface area contributed by atoms with E-state index in [4.69, 9.17) is 0 Å². The largest absolute Gasteiger partial charge is 0.394 e. The summed E-state index contributed by atoms with van der Waals surface area (Å²) in [4.78, 5) is 14.4. The van der Waals surface area contributed by atoms with Crippen LogP contribution in [0.25, 0.3) is 0 Å². The van der Waals surface area contributed by atoms with Crippen LogP contribution in [-0.4, -0.2) is 38.9 Å². The van der Waals surface area contributed by atoms with E-state index in [9.17, 15) is 9.90 Å². The first-order chi connectivity index (χ1) is 11.5. The van der Waals surface area contributed by atoms with Crippen LogP contribution in [0.15, 0.2) is 30.3 Å². The van der Waals surface area contributed by atoms with Gasteiger partial charge in [0.2, 0.25) is 5.13 Å². The Labute approximate surface area is 146 Å². The molecular weight excluding hydrogens is 324 g/mol. The molecule has 6 nitrogen and oxygen atoms in total. The fourth-order valence-electron chi connectivity index (χ4n) is 2.40. The van der Waals surface area contributed by atoms with Crippen molar-refractivity contribution in [2.45, 2.75) is 39.8 Å². The van der Waals surface area contributed by atoms with Gasteiger partial charge in [-0.05, 0) is 17.9 Å². The lowest BCUT2D eigenvalue weighted by Gasteiger charge is -2.33. The molecule has 1 atom stereocenters. The van der Waals surface area contributed by atoms with Crippen molar-refractivity contribution in [3.8, 4) is 0 Å². The van der Waals surface area contributed by atoms with Crippen LogP contribution in [-0.2, 0) is 13.0 Å². The molecule has 24 heavy (non-hydrogen) atoms. The van der Waals surface area contributed by atoms with Crippen molar-refractivity contribution in [2.24, 2.45) is 5.92 Å². The second kappa shape index (κ2) is 8.75. The fraction of sp³-hybridized carbons (Fsp3) is 0.471. The summed E-state index contributed by atoms with van der Waals surface area (Å²) in [5.41, 5.74) is 1.01. The second-order valence-corrected chi connectivity index (χ2v) is 6.95. The maximum absolute atomic E-state index is 12.8. The number of nitrogens with one attached hydrogen (secondary N) is 1. The molecule has 2 aromatic rings. The summed E-state index contributed by atoms with van der Waals surface area (Å²) in [7, 11) is 0. The highest BCUT2D eigenvalue weighted by Crippen LogP contribution is 2.19. The Bertz CT molecular complexity index is 645. The molecule has 0 saturated carbocycles. The van der Waals surface area contributed by atoms with Crippen LogP contribution in [0.3, 0.4) is 0 Å². The third-order valence-electron chi connectivity index (χ3n) is 3.80. The Morgan fingerprint density at radius 2 is 2.00 bits per heavy atom. The topological polar surface area (TPSA) is 78.4 Å². The van der Waals surface area contributed by atoms with E-state index in [0.29, 0.717) is 11.7 Å². The quantitative estimate of drug-likeness (QED) is 0.806. The minimum atomic E-state index is -0.274. The zero-order valence-electron chi connectivity index (χ0n) is 14.3. The van der Waals surface area contributed by atoms with E-state index in [1.54, 1.807) is 4.90 Å². The highest BCUT2D eigenvalue weighted by Gasteiger charge is 2.26. The maximum Gasteiger partial charge on any atom is 0.324 e. The van der Waals surface area contributed by atoms with Gasteiger partial charge in [-0.15, -0.1) is 10.2 Å². The normalized spacial score (nSPS) is 12.2. The molecule has 2 rings (SSSR count). The van der Waals surface area contributed by atoms with Crippen LogP contribution < -0.4 is 5.32 Å². The van der Waals surface area contributed by atoms with Crippen LogP contribution in [0, 0.1) is 5.92 Å². The van der Waals surface area contributed by atoms with Gasteiger partial charge in [-0.1, -0.05) is 62.4 Å². The van der Waals surface area contributed by atoms with Gasteiger partial charge in [0.25, 0.3) is 0 Å². The number of aromatic nitrogens is 2. The molecule has 0 bridgehead atoms. The summed E-state index contributed by atoms with van der Waals surface area (Å²) in [5.74, 6) is 0.130. The Hall–Kier alpha value is -1.99. The van der Waals surface area contributed by atoms with Crippen molar-refractivity contribution in [1.29, 1.82) is 0 Å². The SMILES string of the molecule is CCc1nnc(NC(=O)N(Cc2ccccc2)C(CO)C(C)C)s1. The highest BCUT2D eigenvalue weighted by atomic mass is 32.1. The highest BCUT2D eigenvalue weighted by molar-refractivity contribution is 7.15. The zero-order chi connectivity index (χ0) is 17.5. The van der Waals surface area contributed by atoms with Crippen molar-refractivity contribution in [2.75, 3.05) is 11.9 Å². The lowest BCUT2D eigenvalue weighted by Crippen LogP contribution is -2.47. The number of carbonyl (C=O) groups is 1. The summed E-state index contributed by atoms with van der Waals surface area (Å²) in [5, 5.41) is 21.9. The molecule has 0 aliphatic heterocycles. The molecule has 1 aromatic heterocycles. The maximum atomic E-state index is 12.8. The average molecular weight is 348 g/mol. The molecular formula is C17H24N4O2S. The molecule has 0 saturated heterocycles. The molecule has 0 radical (unpaired) electrons. The molecule has 0 aliphatic rings. The third kappa shape index (κ3) is 4.75. The summed E-state index contributed by atoms with van der Waals surface area (Å²) in [6, 6.07) is 9.20. The number of urea groups is 1. The van der Waals surface area contributed by atoms with Crippen LogP contribution in [0.1, 0.15) is 31.3 Å². The fourth-order valence-corrected chi connectivity index (χ4v) is 3.07. The summed E-state index contributed by atoms with van der Waals surface area (Å²) in [6.07, 6.45) is 0.784. The number of aliphatic hydroxyl groups is 1. The number of anilines is 1. The number of aliphatic hydroxyl groups excluding tert-OH is 1. The van der Waals surface area contributed by atoms with Gasteiger partial charge >= 0.3 is 6.03 Å². The van der Waals surface area contributed by atoms with Crippen molar-refractivity contribution in [1.82, 2.24) is 15.1 Å². The lowest BCUT2D eigenvalue weighted by molar-refractivity contribution is 0.110. The molecule has 0 fully saturated rings. The number of amides is 2. The van der Waals surface area contributed by atoms with Gasteiger partial charge in [0.1, 0.15) is 5.01 Å². The average Bonchev–Trinajstić information content (AvgIpc) is 3.02.